The Morgan fingerprint density at radius 3 is 2.23 bits per heavy atom. The zero-order valence-electron chi connectivity index (χ0n) is 19.6. The molecular formula is C26H41N3O2. The van der Waals surface area contributed by atoms with Gasteiger partial charge in [-0.25, -0.2) is 4.99 Å². The summed E-state index contributed by atoms with van der Waals surface area (Å²) >= 11 is 0. The molecule has 31 heavy (non-hydrogen) atoms. The van der Waals surface area contributed by atoms with Crippen LogP contribution in [0.15, 0.2) is 35.3 Å². The van der Waals surface area contributed by atoms with Crippen LogP contribution in [0.5, 0.6) is 0 Å². The molecule has 2 N–H and O–H groups in total. The van der Waals surface area contributed by atoms with Crippen LogP contribution in [0.25, 0.3) is 0 Å². The van der Waals surface area contributed by atoms with Crippen molar-refractivity contribution in [3.05, 3.63) is 35.9 Å². The number of carbonyl (C=O) groups is 2. The number of rotatable bonds is 16. The van der Waals surface area contributed by atoms with E-state index in [0.29, 0.717) is 31.1 Å². The lowest BCUT2D eigenvalue weighted by molar-refractivity contribution is -0.132. The lowest BCUT2D eigenvalue weighted by Gasteiger charge is -2.26. The Morgan fingerprint density at radius 2 is 1.58 bits per heavy atom. The summed E-state index contributed by atoms with van der Waals surface area (Å²) < 4.78 is 0. The minimum Gasteiger partial charge on any atom is -0.369 e. The molecule has 1 aromatic carbocycles. The first kappa shape index (κ1) is 25.1. The summed E-state index contributed by atoms with van der Waals surface area (Å²) in [6.07, 6.45) is 11.5. The van der Waals surface area contributed by atoms with Crippen LogP contribution in [0, 0.1) is 0 Å². The molecule has 1 heterocycles. The monoisotopic (exact) mass is 427 g/mol. The standard InChI is InChI=1S/C26H41N3O2/c1-3-5-19-26(20-6-4-2)24(31)29(25(27)28-26)21-12-8-11-17-23(30)18-13-16-22-14-9-7-10-15-22/h7,9-10,14-15H,3-6,8,11-13,16-21H2,1-2H3,(H2,27,28). The molecule has 1 aliphatic rings. The van der Waals surface area contributed by atoms with Crippen molar-refractivity contribution in [1.29, 1.82) is 0 Å². The SMILES string of the molecule is CCCCC1(CCCC)N=C(N)N(CCCCCC(=O)CCCc2ccccc2)C1=O. The maximum absolute atomic E-state index is 13.1. The van der Waals surface area contributed by atoms with Gasteiger partial charge < -0.3 is 5.73 Å². The molecule has 0 atom stereocenters. The second kappa shape index (κ2) is 13.3. The molecular weight excluding hydrogens is 386 g/mol. The summed E-state index contributed by atoms with van der Waals surface area (Å²) in [5.41, 5.74) is 6.81. The van der Waals surface area contributed by atoms with Crippen molar-refractivity contribution in [3.8, 4) is 0 Å². The quantitative estimate of drug-likeness (QED) is 0.358. The molecule has 0 unspecified atom stereocenters. The Bertz CT molecular complexity index is 707. The molecule has 5 heteroatoms. The fraction of sp³-hybridized carbons (Fsp3) is 0.654. The number of nitrogens with two attached hydrogens (primary N) is 1. The van der Waals surface area contributed by atoms with Crippen molar-refractivity contribution in [2.45, 2.75) is 103 Å². The minimum absolute atomic E-state index is 0.0869. The number of ketones is 1. The fourth-order valence-electron chi connectivity index (χ4n) is 4.32. The molecule has 2 rings (SSSR count). The number of nitrogens with zero attached hydrogens (tertiary/aromatic N) is 2. The predicted octanol–water partition coefficient (Wildman–Crippen LogP) is 5.41. The van der Waals surface area contributed by atoms with Gasteiger partial charge in [-0.2, -0.15) is 0 Å². The van der Waals surface area contributed by atoms with Gasteiger partial charge in [0.15, 0.2) is 5.96 Å². The molecule has 172 valence electrons. The number of hydrogen-bond donors (Lipinski definition) is 1. The lowest BCUT2D eigenvalue weighted by atomic mass is 9.87. The first-order valence-electron chi connectivity index (χ1n) is 12.3. The van der Waals surface area contributed by atoms with Crippen molar-refractivity contribution in [2.75, 3.05) is 6.54 Å². The van der Waals surface area contributed by atoms with Gasteiger partial charge in [-0.05, 0) is 44.1 Å². The van der Waals surface area contributed by atoms with Gasteiger partial charge in [-0.15, -0.1) is 0 Å². The summed E-state index contributed by atoms with van der Waals surface area (Å²) in [6, 6.07) is 10.3. The van der Waals surface area contributed by atoms with Gasteiger partial charge in [0.25, 0.3) is 5.91 Å². The number of carbonyl (C=O) groups excluding carboxylic acids is 2. The molecule has 0 fully saturated rings. The number of hydrogen-bond acceptors (Lipinski definition) is 4. The molecule has 5 nitrogen and oxygen atoms in total. The van der Waals surface area contributed by atoms with Crippen molar-refractivity contribution in [1.82, 2.24) is 4.90 Å². The minimum atomic E-state index is -0.634. The van der Waals surface area contributed by atoms with Crippen LogP contribution < -0.4 is 5.73 Å². The molecule has 0 spiro atoms. The molecule has 1 aliphatic heterocycles. The van der Waals surface area contributed by atoms with Gasteiger partial charge in [-0.1, -0.05) is 76.3 Å². The zero-order chi connectivity index (χ0) is 22.5. The second-order valence-electron chi connectivity index (χ2n) is 8.85. The molecule has 0 radical (unpaired) electrons. The maximum Gasteiger partial charge on any atom is 0.257 e. The average molecular weight is 428 g/mol. The highest BCUT2D eigenvalue weighted by Crippen LogP contribution is 2.33. The van der Waals surface area contributed by atoms with Crippen LogP contribution in [-0.2, 0) is 16.0 Å². The van der Waals surface area contributed by atoms with Crippen LogP contribution in [0.2, 0.25) is 0 Å². The summed E-state index contributed by atoms with van der Waals surface area (Å²) in [6.45, 7) is 4.89. The number of aliphatic imine (C=N–C) groups is 1. The van der Waals surface area contributed by atoms with E-state index in [2.05, 4.69) is 31.0 Å². The third kappa shape index (κ3) is 7.79. The number of Topliss-reactive ketones (excluding diaryl/α,β-unsaturated/α-hetero) is 1. The number of guanidine groups is 1. The molecule has 0 bridgehead atoms. The van der Waals surface area contributed by atoms with E-state index >= 15 is 0 Å². The van der Waals surface area contributed by atoms with Gasteiger partial charge in [0.05, 0.1) is 0 Å². The molecule has 0 saturated heterocycles. The molecule has 0 aromatic heterocycles. The van der Waals surface area contributed by atoms with Crippen molar-refractivity contribution >= 4 is 17.6 Å². The van der Waals surface area contributed by atoms with E-state index in [1.807, 2.05) is 18.2 Å². The highest BCUT2D eigenvalue weighted by Gasteiger charge is 2.46. The van der Waals surface area contributed by atoms with E-state index < -0.39 is 5.54 Å². The second-order valence-corrected chi connectivity index (χ2v) is 8.85. The summed E-state index contributed by atoms with van der Waals surface area (Å²) in [4.78, 5) is 31.6. The van der Waals surface area contributed by atoms with Gasteiger partial charge in [0, 0.05) is 19.4 Å². The number of benzene rings is 1. The first-order valence-corrected chi connectivity index (χ1v) is 12.3. The van der Waals surface area contributed by atoms with Crippen LogP contribution in [0.4, 0.5) is 0 Å². The third-order valence-electron chi connectivity index (χ3n) is 6.24. The Morgan fingerprint density at radius 1 is 0.935 bits per heavy atom. The van der Waals surface area contributed by atoms with E-state index in [-0.39, 0.29) is 5.91 Å². The Balaban J connectivity index is 1.67. The van der Waals surface area contributed by atoms with Crippen LogP contribution in [0.3, 0.4) is 0 Å². The topological polar surface area (TPSA) is 75.8 Å². The molecule has 1 amide bonds. The summed E-state index contributed by atoms with van der Waals surface area (Å²) in [7, 11) is 0. The average Bonchev–Trinajstić information content (AvgIpc) is 3.01. The van der Waals surface area contributed by atoms with E-state index in [1.54, 1.807) is 4.90 Å². The smallest absolute Gasteiger partial charge is 0.257 e. The lowest BCUT2D eigenvalue weighted by Crippen LogP contribution is -2.44. The summed E-state index contributed by atoms with van der Waals surface area (Å²) in [5.74, 6) is 0.811. The zero-order valence-corrected chi connectivity index (χ0v) is 19.6. The Kier molecular flexibility index (Phi) is 10.8. The van der Waals surface area contributed by atoms with Gasteiger partial charge in [-0.3, -0.25) is 14.5 Å². The van der Waals surface area contributed by atoms with Crippen molar-refractivity contribution in [2.24, 2.45) is 10.7 Å². The molecule has 1 aromatic rings. The van der Waals surface area contributed by atoms with E-state index in [4.69, 9.17) is 5.73 Å². The van der Waals surface area contributed by atoms with Crippen LogP contribution >= 0.6 is 0 Å². The number of aryl methyl sites for hydroxylation is 1. The Labute approximate surface area is 188 Å². The van der Waals surface area contributed by atoms with Crippen molar-refractivity contribution < 1.29 is 9.59 Å². The third-order valence-corrected chi connectivity index (χ3v) is 6.24. The normalized spacial score (nSPS) is 15.4. The van der Waals surface area contributed by atoms with Gasteiger partial charge in [0.2, 0.25) is 0 Å². The fourth-order valence-corrected chi connectivity index (χ4v) is 4.32. The molecule has 0 aliphatic carbocycles. The number of amides is 1. The highest BCUT2D eigenvalue weighted by atomic mass is 16.2. The van der Waals surface area contributed by atoms with Crippen LogP contribution in [0.1, 0.15) is 96.5 Å². The highest BCUT2D eigenvalue weighted by molar-refractivity contribution is 6.06. The maximum atomic E-state index is 13.1. The van der Waals surface area contributed by atoms with Crippen molar-refractivity contribution in [3.63, 3.8) is 0 Å². The van der Waals surface area contributed by atoms with Gasteiger partial charge in [0.1, 0.15) is 11.3 Å². The molecule has 0 saturated carbocycles. The van der Waals surface area contributed by atoms with E-state index in [1.165, 1.54) is 5.56 Å². The number of unbranched alkanes of at least 4 members (excludes halogenated alkanes) is 4. The first-order chi connectivity index (χ1) is 15.0. The Hall–Kier alpha value is -2.17. The van der Waals surface area contributed by atoms with E-state index in [0.717, 1.165) is 70.6 Å². The summed E-state index contributed by atoms with van der Waals surface area (Å²) in [5, 5.41) is 0. The van der Waals surface area contributed by atoms with E-state index in [9.17, 15) is 9.59 Å². The van der Waals surface area contributed by atoms with Gasteiger partial charge >= 0.3 is 0 Å². The largest absolute Gasteiger partial charge is 0.369 e. The van der Waals surface area contributed by atoms with Crippen LogP contribution in [-0.4, -0.2) is 34.6 Å². The predicted molar refractivity (Wildman–Crippen MR) is 128 cm³/mol.